The van der Waals surface area contributed by atoms with Gasteiger partial charge in [-0.1, -0.05) is 146 Å². The topological polar surface area (TPSA) is 38.7 Å². The van der Waals surface area contributed by atoms with Crippen LogP contribution in [0.2, 0.25) is 0 Å². The van der Waals surface area contributed by atoms with E-state index in [9.17, 15) is 0 Å². The number of allylic oxidation sites excluding steroid dienone is 20. The number of rotatable bonds is 8. The maximum atomic E-state index is 5.19. The van der Waals surface area contributed by atoms with Crippen LogP contribution in [-0.4, -0.2) is 15.0 Å². The molecule has 1 heterocycles. The molecule has 0 amide bonds. The zero-order valence-electron chi connectivity index (χ0n) is 31.8. The first-order valence-electron chi connectivity index (χ1n) is 21.0. The predicted molar refractivity (Wildman–Crippen MR) is 228 cm³/mol. The summed E-state index contributed by atoms with van der Waals surface area (Å²) in [6.45, 7) is 0. The normalized spacial score (nSPS) is 29.5. The van der Waals surface area contributed by atoms with Crippen molar-refractivity contribution in [2.24, 2.45) is 29.6 Å². The Kier molecular flexibility index (Phi) is 9.48. The number of hydrogen-bond acceptors (Lipinski definition) is 3. The van der Waals surface area contributed by atoms with E-state index in [0.29, 0.717) is 29.6 Å². The van der Waals surface area contributed by atoms with Crippen molar-refractivity contribution < 1.29 is 0 Å². The second-order valence-corrected chi connectivity index (χ2v) is 16.8. The van der Waals surface area contributed by atoms with Crippen molar-refractivity contribution in [3.63, 3.8) is 0 Å². The standard InChI is InChI=1S/C52H51N3/c1-4-12-35(13-5-1)46-32-47(36-14-6-2-7-15-36)34-48(33-46)38-24-22-37(23-25-38)40-18-10-19-41(28-40)42-20-11-21-44(29-42)51-53-50(39-16-8-3-9-17-39)54-52(55-51)45-27-26-43-30-49(43)31-45/h1-8,10,12-14,16,18-19,22,24,26-29,31-32,34,36-38,43-44,48-49H,9,11,15,17,20-21,23,25,30,33H2. The highest BCUT2D eigenvalue weighted by molar-refractivity contribution is 5.74. The average molecular weight is 718 g/mol. The summed E-state index contributed by atoms with van der Waals surface area (Å²) in [5.74, 6) is 6.21. The van der Waals surface area contributed by atoms with Gasteiger partial charge in [0.15, 0.2) is 11.6 Å². The Morgan fingerprint density at radius 1 is 0.582 bits per heavy atom. The van der Waals surface area contributed by atoms with Gasteiger partial charge in [-0.25, -0.2) is 15.0 Å². The van der Waals surface area contributed by atoms with Gasteiger partial charge in [0, 0.05) is 23.3 Å². The van der Waals surface area contributed by atoms with Gasteiger partial charge in [-0.3, -0.25) is 0 Å². The minimum Gasteiger partial charge on any atom is -0.213 e. The maximum Gasteiger partial charge on any atom is 0.163 e. The molecule has 0 N–H and O–H groups in total. The molecule has 3 nitrogen and oxygen atoms in total. The lowest BCUT2D eigenvalue weighted by molar-refractivity contribution is 0.408. The molecule has 0 spiro atoms. The van der Waals surface area contributed by atoms with Gasteiger partial charge >= 0.3 is 0 Å². The van der Waals surface area contributed by atoms with Gasteiger partial charge in [0.2, 0.25) is 0 Å². The number of aromatic nitrogens is 3. The van der Waals surface area contributed by atoms with Crippen LogP contribution in [0.1, 0.15) is 110 Å². The third-order valence-corrected chi connectivity index (χ3v) is 13.1. The van der Waals surface area contributed by atoms with Gasteiger partial charge < -0.3 is 0 Å². The molecule has 274 valence electrons. The minimum atomic E-state index is 0.188. The first-order valence-corrected chi connectivity index (χ1v) is 21.0. The molecule has 1 saturated carbocycles. The van der Waals surface area contributed by atoms with Crippen LogP contribution in [0.3, 0.4) is 0 Å². The fraction of sp³-hybridized carbons (Fsp3) is 0.327. The number of benzene rings is 2. The summed E-state index contributed by atoms with van der Waals surface area (Å²) in [4.78, 5) is 15.4. The van der Waals surface area contributed by atoms with E-state index in [4.69, 9.17) is 15.0 Å². The summed E-state index contributed by atoms with van der Waals surface area (Å²) < 4.78 is 0. The van der Waals surface area contributed by atoms with E-state index in [1.54, 1.807) is 0 Å². The molecule has 55 heavy (non-hydrogen) atoms. The number of fused-ring (bicyclic) bond motifs is 1. The molecule has 2 aromatic carbocycles. The van der Waals surface area contributed by atoms with E-state index in [2.05, 4.69) is 146 Å². The summed E-state index contributed by atoms with van der Waals surface area (Å²) >= 11 is 0. The minimum absolute atomic E-state index is 0.188. The quantitative estimate of drug-likeness (QED) is 0.218. The van der Waals surface area contributed by atoms with E-state index < -0.39 is 0 Å². The highest BCUT2D eigenvalue weighted by Crippen LogP contribution is 2.46. The first-order chi connectivity index (χ1) is 27.2. The molecule has 7 aliphatic carbocycles. The monoisotopic (exact) mass is 717 g/mol. The lowest BCUT2D eigenvalue weighted by Crippen LogP contribution is -2.20. The van der Waals surface area contributed by atoms with Crippen LogP contribution in [0.5, 0.6) is 0 Å². The van der Waals surface area contributed by atoms with Gasteiger partial charge in [-0.05, 0) is 127 Å². The second kappa shape index (κ2) is 15.2. The smallest absolute Gasteiger partial charge is 0.163 e. The van der Waals surface area contributed by atoms with Gasteiger partial charge in [0.25, 0.3) is 0 Å². The Bertz CT molecular complexity index is 2270. The highest BCUT2D eigenvalue weighted by atomic mass is 15.0. The third-order valence-electron chi connectivity index (χ3n) is 13.1. The molecule has 1 fully saturated rings. The molecule has 0 aliphatic heterocycles. The van der Waals surface area contributed by atoms with Crippen LogP contribution >= 0.6 is 0 Å². The summed E-state index contributed by atoms with van der Waals surface area (Å²) in [5.41, 5.74) is 11.0. The maximum absolute atomic E-state index is 5.19. The predicted octanol–water partition coefficient (Wildman–Crippen LogP) is 12.8. The molecule has 1 aromatic heterocycles. The Balaban J connectivity index is 0.888. The molecule has 10 rings (SSSR count). The van der Waals surface area contributed by atoms with Gasteiger partial charge in [0.05, 0.1) is 0 Å². The fourth-order valence-corrected chi connectivity index (χ4v) is 9.80. The van der Waals surface area contributed by atoms with Crippen LogP contribution in [0, 0.1) is 29.6 Å². The van der Waals surface area contributed by atoms with Crippen LogP contribution in [0.25, 0.3) is 22.3 Å². The Morgan fingerprint density at radius 3 is 2.35 bits per heavy atom. The molecule has 3 aromatic rings. The molecular weight excluding hydrogens is 667 g/mol. The molecule has 0 radical (unpaired) electrons. The zero-order chi connectivity index (χ0) is 36.6. The largest absolute Gasteiger partial charge is 0.213 e. The number of nitrogens with zero attached hydrogens (tertiary/aromatic N) is 3. The third kappa shape index (κ3) is 7.46. The van der Waals surface area contributed by atoms with Gasteiger partial charge in [-0.15, -0.1) is 0 Å². The molecule has 0 bridgehead atoms. The van der Waals surface area contributed by atoms with Crippen molar-refractivity contribution in [3.05, 3.63) is 185 Å². The summed E-state index contributed by atoms with van der Waals surface area (Å²) in [6, 6.07) is 20.5. The second-order valence-electron chi connectivity index (χ2n) is 16.8. The fourth-order valence-electron chi connectivity index (χ4n) is 9.80. The van der Waals surface area contributed by atoms with Crippen molar-refractivity contribution in [2.75, 3.05) is 0 Å². The lowest BCUT2D eigenvalue weighted by atomic mass is 9.72. The highest BCUT2D eigenvalue weighted by Gasteiger charge is 2.36. The summed E-state index contributed by atoms with van der Waals surface area (Å²) in [7, 11) is 0. The Hall–Kier alpha value is -5.15. The molecular formula is C52H51N3. The van der Waals surface area contributed by atoms with E-state index in [1.807, 2.05) is 0 Å². The molecule has 0 saturated heterocycles. The Morgan fingerprint density at radius 2 is 1.51 bits per heavy atom. The molecule has 7 atom stereocenters. The van der Waals surface area contributed by atoms with Crippen LogP contribution in [0.4, 0.5) is 0 Å². The van der Waals surface area contributed by atoms with Crippen LogP contribution in [-0.2, 0) is 0 Å². The average Bonchev–Trinajstić information content (AvgIpc) is 4.07. The molecule has 7 aliphatic rings. The van der Waals surface area contributed by atoms with E-state index in [1.165, 1.54) is 58.2 Å². The van der Waals surface area contributed by atoms with Crippen molar-refractivity contribution >= 4 is 22.3 Å². The summed E-state index contributed by atoms with van der Waals surface area (Å²) in [5, 5.41) is 0. The van der Waals surface area contributed by atoms with Crippen LogP contribution < -0.4 is 0 Å². The molecule has 3 heteroatoms. The van der Waals surface area contributed by atoms with Crippen molar-refractivity contribution in [3.8, 4) is 0 Å². The Labute approximate surface area is 327 Å². The number of hydrogen-bond donors (Lipinski definition) is 0. The zero-order valence-corrected chi connectivity index (χ0v) is 31.8. The van der Waals surface area contributed by atoms with Crippen molar-refractivity contribution in [1.29, 1.82) is 0 Å². The molecule has 7 unspecified atom stereocenters. The first kappa shape index (κ1) is 34.3. The lowest BCUT2D eigenvalue weighted by Gasteiger charge is -2.33. The van der Waals surface area contributed by atoms with E-state index in [-0.39, 0.29) is 5.92 Å². The van der Waals surface area contributed by atoms with Gasteiger partial charge in [-0.2, -0.15) is 0 Å². The van der Waals surface area contributed by atoms with Crippen molar-refractivity contribution in [1.82, 2.24) is 15.0 Å². The van der Waals surface area contributed by atoms with E-state index >= 15 is 0 Å². The van der Waals surface area contributed by atoms with E-state index in [0.717, 1.165) is 73.9 Å². The SMILES string of the molecule is C1=CCCC(c2nc(C3=CC4CC4C=C3)nc(C3C=C(c4cccc(C5C=CC(C6C=C(C7C=CC=CC7)C=C(c7ccccc7)C6)CC5)c4)CCC3)n2)=C1. The van der Waals surface area contributed by atoms with Crippen LogP contribution in [0.15, 0.2) is 151 Å². The summed E-state index contributed by atoms with van der Waals surface area (Å²) in [6.07, 6.45) is 46.6. The van der Waals surface area contributed by atoms with Gasteiger partial charge in [0.1, 0.15) is 5.82 Å². The van der Waals surface area contributed by atoms with Crippen molar-refractivity contribution in [2.45, 2.75) is 76.0 Å².